The molecule has 11 heteroatoms. The van der Waals surface area contributed by atoms with E-state index in [0.29, 0.717) is 54.8 Å². The molecule has 0 saturated carbocycles. The molecule has 3 heterocycles. The van der Waals surface area contributed by atoms with Crippen molar-refractivity contribution < 1.29 is 14.7 Å². The van der Waals surface area contributed by atoms with E-state index in [0.717, 1.165) is 10.7 Å². The summed E-state index contributed by atoms with van der Waals surface area (Å²) >= 11 is 1.46. The molecular weight excluding hydrogens is 492 g/mol. The van der Waals surface area contributed by atoms with Crippen LogP contribution < -0.4 is 16.1 Å². The number of rotatable bonds is 6. The van der Waals surface area contributed by atoms with Crippen LogP contribution in [-0.2, 0) is 6.54 Å². The number of aromatic nitrogens is 2. The summed E-state index contributed by atoms with van der Waals surface area (Å²) in [7, 11) is 0. The second-order valence-corrected chi connectivity index (χ2v) is 9.68. The van der Waals surface area contributed by atoms with Gasteiger partial charge in [0.15, 0.2) is 0 Å². The summed E-state index contributed by atoms with van der Waals surface area (Å²) in [5.74, 6) is -1.38. The number of carboxylic acids is 1. The maximum atomic E-state index is 13.0. The minimum Gasteiger partial charge on any atom is -0.477 e. The van der Waals surface area contributed by atoms with Gasteiger partial charge in [0.25, 0.3) is 5.91 Å². The summed E-state index contributed by atoms with van der Waals surface area (Å²) < 4.78 is 1.76. The predicted molar refractivity (Wildman–Crippen MR) is 142 cm³/mol. The van der Waals surface area contributed by atoms with Crippen LogP contribution in [0.4, 0.5) is 5.69 Å². The third kappa shape index (κ3) is 4.81. The average Bonchev–Trinajstić information content (AvgIpc) is 3.43. The number of anilines is 1. The van der Waals surface area contributed by atoms with E-state index in [1.165, 1.54) is 17.5 Å². The van der Waals surface area contributed by atoms with Crippen LogP contribution in [0.25, 0.3) is 10.9 Å². The van der Waals surface area contributed by atoms with Gasteiger partial charge in [-0.3, -0.25) is 15.0 Å². The van der Waals surface area contributed by atoms with Crippen LogP contribution in [0.3, 0.4) is 0 Å². The second-order valence-electron chi connectivity index (χ2n) is 8.70. The number of thiazole rings is 1. The van der Waals surface area contributed by atoms with Gasteiger partial charge >= 0.3 is 5.97 Å². The largest absolute Gasteiger partial charge is 0.477 e. The van der Waals surface area contributed by atoms with E-state index < -0.39 is 11.4 Å². The van der Waals surface area contributed by atoms with E-state index in [1.54, 1.807) is 46.0 Å². The number of nitrogens with two attached hydrogens (primary N) is 1. The maximum absolute atomic E-state index is 13.0. The molecule has 0 unspecified atom stereocenters. The predicted octanol–water partition coefficient (Wildman–Crippen LogP) is 2.45. The van der Waals surface area contributed by atoms with Crippen LogP contribution in [0.5, 0.6) is 0 Å². The number of benzene rings is 2. The molecule has 1 aliphatic rings. The molecule has 0 radical (unpaired) electrons. The number of carboxylic acid groups (broad SMARTS) is 1. The Morgan fingerprint density at radius 3 is 2.38 bits per heavy atom. The number of piperazine rings is 1. The molecule has 2 aromatic carbocycles. The summed E-state index contributed by atoms with van der Waals surface area (Å²) in [6.07, 6.45) is 3.07. The van der Waals surface area contributed by atoms with Gasteiger partial charge in [-0.2, -0.15) is 0 Å². The van der Waals surface area contributed by atoms with Gasteiger partial charge < -0.3 is 25.2 Å². The minimum absolute atomic E-state index is 0.0424. The van der Waals surface area contributed by atoms with Crippen molar-refractivity contribution in [3.8, 4) is 0 Å². The first kappa shape index (κ1) is 24.2. The molecule has 1 amide bonds. The van der Waals surface area contributed by atoms with Crippen molar-refractivity contribution in [1.82, 2.24) is 14.5 Å². The number of carbonyl (C=O) groups excluding carboxylic acids is 1. The lowest BCUT2D eigenvalue weighted by Crippen LogP contribution is -2.48. The Labute approximate surface area is 215 Å². The van der Waals surface area contributed by atoms with E-state index in [2.05, 4.69) is 9.88 Å². The number of carbonyl (C=O) groups is 2. The minimum atomic E-state index is -1.26. The van der Waals surface area contributed by atoms with Gasteiger partial charge in [0.1, 0.15) is 16.4 Å². The third-order valence-electron chi connectivity index (χ3n) is 6.46. The van der Waals surface area contributed by atoms with Crippen molar-refractivity contribution in [3.63, 3.8) is 0 Å². The number of hydrogen-bond acceptors (Lipinski definition) is 7. The third-order valence-corrected chi connectivity index (χ3v) is 7.22. The Balaban J connectivity index is 1.38. The molecule has 0 bridgehead atoms. The van der Waals surface area contributed by atoms with Crippen molar-refractivity contribution in [3.05, 3.63) is 92.2 Å². The zero-order valence-corrected chi connectivity index (χ0v) is 20.6. The quantitative estimate of drug-likeness (QED) is 0.264. The highest BCUT2D eigenvalue weighted by atomic mass is 32.1. The zero-order chi connectivity index (χ0) is 26.1. The number of amides is 1. The summed E-state index contributed by atoms with van der Waals surface area (Å²) in [5, 5.41) is 20.0. The Morgan fingerprint density at radius 1 is 1.05 bits per heavy atom. The highest BCUT2D eigenvalue weighted by molar-refractivity contribution is 7.09. The molecule has 0 spiro atoms. The molecule has 37 heavy (non-hydrogen) atoms. The van der Waals surface area contributed by atoms with E-state index >= 15 is 0 Å². The summed E-state index contributed by atoms with van der Waals surface area (Å²) in [6, 6.07) is 12.1. The van der Waals surface area contributed by atoms with Crippen LogP contribution in [0.1, 0.15) is 31.3 Å². The first-order valence-electron chi connectivity index (χ1n) is 11.6. The summed E-state index contributed by atoms with van der Waals surface area (Å²) in [6.45, 7) is 2.60. The van der Waals surface area contributed by atoms with Crippen LogP contribution in [0.15, 0.2) is 65.0 Å². The van der Waals surface area contributed by atoms with Gasteiger partial charge in [0.2, 0.25) is 5.43 Å². The molecule has 0 atom stereocenters. The lowest BCUT2D eigenvalue weighted by Gasteiger charge is -2.36. The van der Waals surface area contributed by atoms with Gasteiger partial charge in [-0.25, -0.2) is 9.78 Å². The summed E-state index contributed by atoms with van der Waals surface area (Å²) in [5.41, 5.74) is 7.34. The topological polar surface area (TPSA) is 146 Å². The Morgan fingerprint density at radius 2 is 1.76 bits per heavy atom. The number of aromatic carboxylic acids is 1. The van der Waals surface area contributed by atoms with Gasteiger partial charge in [0, 0.05) is 66.2 Å². The molecule has 0 aliphatic carbocycles. The Bertz CT molecular complexity index is 1550. The molecular formula is C26H24N6O4S. The van der Waals surface area contributed by atoms with Gasteiger partial charge in [-0.05, 0) is 30.3 Å². The molecule has 1 saturated heterocycles. The van der Waals surface area contributed by atoms with E-state index in [4.69, 9.17) is 11.1 Å². The van der Waals surface area contributed by atoms with Crippen LogP contribution >= 0.6 is 11.3 Å². The number of fused-ring (bicyclic) bond motifs is 1. The van der Waals surface area contributed by atoms with Crippen molar-refractivity contribution in [1.29, 1.82) is 5.41 Å². The monoisotopic (exact) mass is 516 g/mol. The molecule has 2 aromatic heterocycles. The van der Waals surface area contributed by atoms with Crippen LogP contribution in [0.2, 0.25) is 0 Å². The average molecular weight is 517 g/mol. The number of pyridine rings is 1. The number of hydrogen-bond donors (Lipinski definition) is 3. The van der Waals surface area contributed by atoms with Crippen LogP contribution in [0, 0.1) is 5.41 Å². The van der Waals surface area contributed by atoms with Crippen molar-refractivity contribution >= 4 is 45.6 Å². The van der Waals surface area contributed by atoms with Crippen molar-refractivity contribution in [2.45, 2.75) is 6.54 Å². The molecule has 1 fully saturated rings. The van der Waals surface area contributed by atoms with E-state index in [-0.39, 0.29) is 17.3 Å². The van der Waals surface area contributed by atoms with Crippen molar-refractivity contribution in [2.24, 2.45) is 5.73 Å². The van der Waals surface area contributed by atoms with Gasteiger partial charge in [-0.1, -0.05) is 12.1 Å². The number of nitrogens with zero attached hydrogens (tertiary/aromatic N) is 4. The second kappa shape index (κ2) is 9.86. The zero-order valence-electron chi connectivity index (χ0n) is 19.8. The highest BCUT2D eigenvalue weighted by Gasteiger charge is 2.23. The lowest BCUT2D eigenvalue weighted by atomic mass is 10.1. The SMILES string of the molecule is N=C(N)c1ccc(C(=O)N2CCN(c3ccc4c(=O)c(C(=O)O)cn(Cc5nccs5)c4c3)CC2)cc1. The fraction of sp³-hybridized carbons (Fsp3) is 0.192. The van der Waals surface area contributed by atoms with E-state index in [9.17, 15) is 19.5 Å². The van der Waals surface area contributed by atoms with Gasteiger partial charge in [-0.15, -0.1) is 11.3 Å². The molecule has 4 aromatic rings. The highest BCUT2D eigenvalue weighted by Crippen LogP contribution is 2.24. The number of nitrogens with one attached hydrogen (secondary N) is 1. The standard InChI is InChI=1S/C26H24N6O4S/c27-24(28)16-1-3-17(4-2-16)25(34)31-10-8-30(9-11-31)18-5-6-19-21(13-18)32(15-22-29-7-12-37-22)14-20(23(19)33)26(35)36/h1-7,12-14H,8-11,15H2,(H3,27,28)(H,35,36). The molecule has 188 valence electrons. The molecule has 5 rings (SSSR count). The summed E-state index contributed by atoms with van der Waals surface area (Å²) in [4.78, 5) is 45.7. The van der Waals surface area contributed by atoms with Crippen LogP contribution in [-0.4, -0.2) is 63.4 Å². The number of nitrogen functional groups attached to an aromatic ring is 1. The molecule has 1 aliphatic heterocycles. The van der Waals surface area contributed by atoms with E-state index in [1.807, 2.05) is 17.5 Å². The number of amidine groups is 1. The maximum Gasteiger partial charge on any atom is 0.341 e. The molecule has 4 N–H and O–H groups in total. The fourth-order valence-corrected chi connectivity index (χ4v) is 5.09. The smallest absolute Gasteiger partial charge is 0.341 e. The Kier molecular flexibility index (Phi) is 6.45. The first-order valence-corrected chi connectivity index (χ1v) is 12.5. The Hall–Kier alpha value is -4.51. The fourth-order valence-electron chi connectivity index (χ4n) is 4.48. The molecule has 10 nitrogen and oxygen atoms in total. The van der Waals surface area contributed by atoms with Gasteiger partial charge in [0.05, 0.1) is 12.1 Å². The normalized spacial score (nSPS) is 13.6. The van der Waals surface area contributed by atoms with Crippen molar-refractivity contribution in [2.75, 3.05) is 31.1 Å². The first-order chi connectivity index (χ1) is 17.8. The lowest BCUT2D eigenvalue weighted by molar-refractivity contribution is 0.0693.